The molecule has 0 fully saturated rings. The van der Waals surface area contributed by atoms with Crippen molar-refractivity contribution in [2.75, 3.05) is 0 Å². The van der Waals surface area contributed by atoms with Crippen molar-refractivity contribution in [2.45, 2.75) is 19.3 Å². The van der Waals surface area contributed by atoms with Gasteiger partial charge in [-0.25, -0.2) is 0 Å². The third-order valence-corrected chi connectivity index (χ3v) is 14.2. The molecular formula is C63H39F6N3. The lowest BCUT2D eigenvalue weighted by Crippen LogP contribution is -2.13. The third kappa shape index (κ3) is 6.60. The summed E-state index contributed by atoms with van der Waals surface area (Å²) in [5.41, 5.74) is 9.83. The lowest BCUT2D eigenvalue weighted by Gasteiger charge is -2.31. The van der Waals surface area contributed by atoms with Gasteiger partial charge in [0, 0.05) is 49.0 Å². The molecule has 13 aromatic rings. The molecule has 0 saturated heterocycles. The number of fused-ring (bicyclic) bond motifs is 9. The second-order valence-corrected chi connectivity index (χ2v) is 18.3. The van der Waals surface area contributed by atoms with Crippen molar-refractivity contribution in [3.05, 3.63) is 235 Å². The molecule has 3 nitrogen and oxygen atoms in total. The van der Waals surface area contributed by atoms with Gasteiger partial charge in [0.15, 0.2) is 0 Å². The summed E-state index contributed by atoms with van der Waals surface area (Å²) in [5, 5.41) is 5.69. The van der Waals surface area contributed by atoms with Crippen LogP contribution in [0, 0.1) is 6.92 Å². The van der Waals surface area contributed by atoms with E-state index in [0.29, 0.717) is 44.9 Å². The minimum atomic E-state index is -4.64. The Kier molecular flexibility index (Phi) is 9.67. The van der Waals surface area contributed by atoms with Gasteiger partial charge in [0.05, 0.1) is 61.3 Å². The first kappa shape index (κ1) is 43.2. The maximum Gasteiger partial charge on any atom is 0.416 e. The minimum Gasteiger partial charge on any atom is -0.308 e. The predicted molar refractivity (Wildman–Crippen MR) is 281 cm³/mol. The summed E-state index contributed by atoms with van der Waals surface area (Å²) in [6.07, 6.45) is -9.27. The molecule has 0 N–H and O–H groups in total. The van der Waals surface area contributed by atoms with Crippen molar-refractivity contribution in [1.82, 2.24) is 13.7 Å². The lowest BCUT2D eigenvalue weighted by molar-refractivity contribution is -0.138. The van der Waals surface area contributed by atoms with Gasteiger partial charge in [-0.3, -0.25) is 0 Å². The maximum atomic E-state index is 14.7. The van der Waals surface area contributed by atoms with Crippen LogP contribution in [0.3, 0.4) is 0 Å². The van der Waals surface area contributed by atoms with Crippen molar-refractivity contribution in [3.8, 4) is 50.4 Å². The monoisotopic (exact) mass is 951 g/mol. The number of para-hydroxylation sites is 6. The fraction of sp³-hybridized carbons (Fsp3) is 0.0476. The van der Waals surface area contributed by atoms with Crippen LogP contribution in [0.1, 0.15) is 16.7 Å². The Bertz CT molecular complexity index is 3930. The Morgan fingerprint density at radius 1 is 0.264 bits per heavy atom. The quantitative estimate of drug-likeness (QED) is 0.148. The molecule has 0 aliphatic rings. The molecule has 0 unspecified atom stereocenters. The number of benzene rings is 10. The predicted octanol–water partition coefficient (Wildman–Crippen LogP) is 18.3. The van der Waals surface area contributed by atoms with E-state index in [1.807, 2.05) is 116 Å². The van der Waals surface area contributed by atoms with Crippen LogP contribution in [0.2, 0.25) is 0 Å². The van der Waals surface area contributed by atoms with Gasteiger partial charge in [0.2, 0.25) is 0 Å². The molecule has 10 aromatic carbocycles. The molecule has 0 spiro atoms. The maximum absolute atomic E-state index is 14.7. The number of nitrogens with zero attached hydrogens (tertiary/aromatic N) is 3. The molecule has 348 valence electrons. The summed E-state index contributed by atoms with van der Waals surface area (Å²) in [7, 11) is 0. The van der Waals surface area contributed by atoms with Gasteiger partial charge in [-0.05, 0) is 84.3 Å². The van der Waals surface area contributed by atoms with Crippen molar-refractivity contribution < 1.29 is 26.3 Å². The van der Waals surface area contributed by atoms with E-state index in [-0.39, 0.29) is 0 Å². The Morgan fingerprint density at radius 2 is 0.472 bits per heavy atom. The number of rotatable bonds is 6. The molecule has 72 heavy (non-hydrogen) atoms. The molecule has 9 heteroatoms. The first-order valence-electron chi connectivity index (χ1n) is 23.6. The van der Waals surface area contributed by atoms with E-state index in [9.17, 15) is 26.3 Å². The molecule has 3 aromatic heterocycles. The zero-order chi connectivity index (χ0) is 49.0. The van der Waals surface area contributed by atoms with Gasteiger partial charge in [0.25, 0.3) is 0 Å². The summed E-state index contributed by atoms with van der Waals surface area (Å²) in [5.74, 6) is 0. The molecule has 0 aliphatic heterocycles. The summed E-state index contributed by atoms with van der Waals surface area (Å²) >= 11 is 0. The van der Waals surface area contributed by atoms with Crippen LogP contribution >= 0.6 is 0 Å². The van der Waals surface area contributed by atoms with Crippen molar-refractivity contribution >= 4 is 65.4 Å². The molecule has 13 rings (SSSR count). The third-order valence-electron chi connectivity index (χ3n) is 14.2. The van der Waals surface area contributed by atoms with Crippen molar-refractivity contribution in [3.63, 3.8) is 0 Å². The van der Waals surface area contributed by atoms with Crippen LogP contribution < -0.4 is 0 Å². The molecule has 3 heterocycles. The second-order valence-electron chi connectivity index (χ2n) is 18.3. The van der Waals surface area contributed by atoms with E-state index in [1.54, 1.807) is 0 Å². The van der Waals surface area contributed by atoms with Crippen LogP contribution in [0.15, 0.2) is 218 Å². The Morgan fingerprint density at radius 3 is 0.694 bits per heavy atom. The van der Waals surface area contributed by atoms with Crippen molar-refractivity contribution in [2.24, 2.45) is 0 Å². The van der Waals surface area contributed by atoms with E-state index in [2.05, 4.69) is 74.4 Å². The van der Waals surface area contributed by atoms with Crippen LogP contribution in [0.4, 0.5) is 26.3 Å². The molecular weight excluding hydrogens is 913 g/mol. The molecule has 0 atom stereocenters. The highest BCUT2D eigenvalue weighted by atomic mass is 19.4. The molecule has 0 radical (unpaired) electrons. The largest absolute Gasteiger partial charge is 0.416 e. The van der Waals surface area contributed by atoms with Gasteiger partial charge >= 0.3 is 12.4 Å². The smallest absolute Gasteiger partial charge is 0.308 e. The zero-order valence-electron chi connectivity index (χ0n) is 38.4. The fourth-order valence-electron chi connectivity index (χ4n) is 11.1. The first-order chi connectivity index (χ1) is 35.0. The van der Waals surface area contributed by atoms with E-state index >= 15 is 0 Å². The van der Waals surface area contributed by atoms with Gasteiger partial charge in [-0.1, -0.05) is 163 Å². The highest BCUT2D eigenvalue weighted by molar-refractivity contribution is 6.18. The average Bonchev–Trinajstić information content (AvgIpc) is 4.03. The van der Waals surface area contributed by atoms with Gasteiger partial charge < -0.3 is 13.7 Å². The van der Waals surface area contributed by atoms with Crippen LogP contribution in [0.25, 0.3) is 116 Å². The number of hydrogen-bond acceptors (Lipinski definition) is 0. The van der Waals surface area contributed by atoms with Crippen LogP contribution in [-0.2, 0) is 12.4 Å². The lowest BCUT2D eigenvalue weighted by atomic mass is 9.85. The molecule has 0 saturated carbocycles. The Labute approximate surface area is 408 Å². The topological polar surface area (TPSA) is 14.8 Å². The summed E-state index contributed by atoms with van der Waals surface area (Å²) in [6, 6.07) is 67.3. The molecule has 0 amide bonds. The second kappa shape index (κ2) is 16.1. The zero-order valence-corrected chi connectivity index (χ0v) is 38.4. The van der Waals surface area contributed by atoms with E-state index in [1.165, 1.54) is 24.3 Å². The number of halogens is 6. The van der Waals surface area contributed by atoms with Gasteiger partial charge in [-0.15, -0.1) is 0 Å². The van der Waals surface area contributed by atoms with Crippen LogP contribution in [0.5, 0.6) is 0 Å². The summed E-state index contributed by atoms with van der Waals surface area (Å²) < 4.78 is 95.0. The van der Waals surface area contributed by atoms with Gasteiger partial charge in [-0.2, -0.15) is 26.3 Å². The fourth-order valence-corrected chi connectivity index (χ4v) is 11.1. The van der Waals surface area contributed by atoms with E-state index in [0.717, 1.165) is 101 Å². The number of hydrogen-bond donors (Lipinski definition) is 0. The SMILES string of the molecule is Cc1ccc(-c2c(-n3c4ccccc4c4ccccc43)c(-c3ccc(C(F)(F)F)cc3)c(-n3c4ccccc4c4ccccc43)c(-c3ccc(C(F)(F)F)cc3)c2-n2c3ccccc3c3ccccc32)cc1. The first-order valence-corrected chi connectivity index (χ1v) is 23.6. The number of aromatic nitrogens is 3. The van der Waals surface area contributed by atoms with Crippen LogP contribution in [-0.4, -0.2) is 13.7 Å². The minimum absolute atomic E-state index is 0.465. The standard InChI is InChI=1S/C63H39F6N3/c1-38-26-28-39(29-27-38)56-59(70-50-20-8-2-14-44(50)45-15-3-9-21-51(45)70)57(40-30-34-42(35-31-40)62(64,65)66)61(72-54-24-12-6-18-48(54)49-19-7-13-25-55(49)72)58(41-32-36-43(37-33-41)63(67,68)69)60(56)71-52-22-10-4-16-46(52)47-17-5-11-23-53(47)71/h2-37H,1H3. The van der Waals surface area contributed by atoms with E-state index in [4.69, 9.17) is 0 Å². The number of alkyl halides is 6. The number of aryl methyl sites for hydroxylation is 1. The highest BCUT2D eigenvalue weighted by Gasteiger charge is 2.36. The van der Waals surface area contributed by atoms with Crippen molar-refractivity contribution in [1.29, 1.82) is 0 Å². The Hall–Kier alpha value is -8.82. The van der Waals surface area contributed by atoms with E-state index < -0.39 is 23.5 Å². The normalized spacial score (nSPS) is 12.4. The molecule has 0 bridgehead atoms. The van der Waals surface area contributed by atoms with Gasteiger partial charge in [0.1, 0.15) is 0 Å². The summed E-state index contributed by atoms with van der Waals surface area (Å²) in [6.45, 7) is 2.01. The molecule has 0 aliphatic carbocycles. The Balaban J connectivity index is 1.40. The average molecular weight is 952 g/mol. The highest BCUT2D eigenvalue weighted by Crippen LogP contribution is 2.55. The summed E-state index contributed by atoms with van der Waals surface area (Å²) in [4.78, 5) is 0.